The highest BCUT2D eigenvalue weighted by Gasteiger charge is 2.24. The highest BCUT2D eigenvalue weighted by molar-refractivity contribution is 5.93. The van der Waals surface area contributed by atoms with Gasteiger partial charge in [-0.1, -0.05) is 36.4 Å². The molecule has 2 rings (SSSR count). The Morgan fingerprint density at radius 3 is 2.38 bits per heavy atom. The Labute approximate surface area is 152 Å². The van der Waals surface area contributed by atoms with Gasteiger partial charge in [0.05, 0.1) is 19.8 Å². The number of esters is 1. The van der Waals surface area contributed by atoms with Crippen LogP contribution in [0.4, 0.5) is 0 Å². The van der Waals surface area contributed by atoms with Crippen LogP contribution < -0.4 is 15.2 Å². The molecule has 0 bridgehead atoms. The molecule has 0 aromatic heterocycles. The van der Waals surface area contributed by atoms with E-state index >= 15 is 0 Å². The van der Waals surface area contributed by atoms with Gasteiger partial charge in [0.25, 0.3) is 5.91 Å². The topological polar surface area (TPSA) is 87.9 Å². The lowest BCUT2D eigenvalue weighted by Crippen LogP contribution is -2.26. The number of benzene rings is 2. The fourth-order valence-electron chi connectivity index (χ4n) is 2.56. The fourth-order valence-corrected chi connectivity index (χ4v) is 2.56. The molecule has 0 aliphatic heterocycles. The lowest BCUT2D eigenvalue weighted by atomic mass is 10.0. The van der Waals surface area contributed by atoms with E-state index in [1.54, 1.807) is 42.5 Å². The molecule has 1 atom stereocenters. The second kappa shape index (κ2) is 8.71. The maximum absolute atomic E-state index is 12.6. The van der Waals surface area contributed by atoms with Gasteiger partial charge in [0.2, 0.25) is 6.10 Å². The molecule has 6 nitrogen and oxygen atoms in total. The summed E-state index contributed by atoms with van der Waals surface area (Å²) >= 11 is 0. The Balaban J connectivity index is 2.37. The lowest BCUT2D eigenvalue weighted by molar-refractivity contribution is -0.127. The summed E-state index contributed by atoms with van der Waals surface area (Å²) in [4.78, 5) is 24.4. The SMILES string of the molecule is C=CCc1cc(C(=O)OC(C(N)=O)c2ccccc2)cc(OC)c1OC. The summed E-state index contributed by atoms with van der Waals surface area (Å²) in [5.41, 5.74) is 6.84. The molecule has 26 heavy (non-hydrogen) atoms. The summed E-state index contributed by atoms with van der Waals surface area (Å²) < 4.78 is 16.0. The Hall–Kier alpha value is -3.28. The number of rotatable bonds is 8. The highest BCUT2D eigenvalue weighted by Crippen LogP contribution is 2.34. The quantitative estimate of drug-likeness (QED) is 0.581. The van der Waals surface area contributed by atoms with Gasteiger partial charge in [-0.25, -0.2) is 4.79 Å². The Kier molecular flexibility index (Phi) is 6.38. The van der Waals surface area contributed by atoms with E-state index in [4.69, 9.17) is 19.9 Å². The van der Waals surface area contributed by atoms with Crippen LogP contribution >= 0.6 is 0 Å². The molecule has 1 amide bonds. The molecule has 0 radical (unpaired) electrons. The standard InChI is InChI=1S/C20H21NO5/c1-4-8-14-11-15(12-16(24-2)17(14)25-3)20(23)26-18(19(21)22)13-9-6-5-7-10-13/h4-7,9-12,18H,1,8H2,2-3H3,(H2,21,22). The predicted octanol–water partition coefficient (Wildman–Crippen LogP) is 2.82. The molecule has 1 unspecified atom stereocenters. The third-order valence-corrected chi connectivity index (χ3v) is 3.74. The van der Waals surface area contributed by atoms with Crippen LogP contribution in [0.25, 0.3) is 0 Å². The molecule has 0 aliphatic carbocycles. The molecule has 0 saturated heterocycles. The van der Waals surface area contributed by atoms with Crippen molar-refractivity contribution < 1.29 is 23.8 Å². The maximum Gasteiger partial charge on any atom is 0.339 e. The second-order valence-corrected chi connectivity index (χ2v) is 5.46. The van der Waals surface area contributed by atoms with Crippen molar-refractivity contribution in [2.75, 3.05) is 14.2 Å². The van der Waals surface area contributed by atoms with Crippen molar-refractivity contribution in [1.29, 1.82) is 0 Å². The van der Waals surface area contributed by atoms with Crippen LogP contribution in [0.5, 0.6) is 11.5 Å². The van der Waals surface area contributed by atoms with E-state index in [0.717, 1.165) is 0 Å². The van der Waals surface area contributed by atoms with Gasteiger partial charge in [-0.05, 0) is 18.6 Å². The van der Waals surface area contributed by atoms with Crippen LogP contribution in [0.3, 0.4) is 0 Å². The van der Waals surface area contributed by atoms with Crippen molar-refractivity contribution >= 4 is 11.9 Å². The van der Waals surface area contributed by atoms with E-state index in [1.165, 1.54) is 20.3 Å². The van der Waals surface area contributed by atoms with E-state index in [9.17, 15) is 9.59 Å². The fraction of sp³-hybridized carbons (Fsp3) is 0.200. The normalized spacial score (nSPS) is 11.3. The Bertz CT molecular complexity index is 801. The third-order valence-electron chi connectivity index (χ3n) is 3.74. The van der Waals surface area contributed by atoms with Crippen molar-refractivity contribution in [1.82, 2.24) is 0 Å². The zero-order valence-electron chi connectivity index (χ0n) is 14.7. The summed E-state index contributed by atoms with van der Waals surface area (Å²) in [6.07, 6.45) is 0.973. The molecule has 6 heteroatoms. The van der Waals surface area contributed by atoms with Crippen LogP contribution in [-0.2, 0) is 16.0 Å². The largest absolute Gasteiger partial charge is 0.493 e. The number of methoxy groups -OCH3 is 2. The van der Waals surface area contributed by atoms with Crippen molar-refractivity contribution in [3.63, 3.8) is 0 Å². The summed E-state index contributed by atoms with van der Waals surface area (Å²) in [6.45, 7) is 3.70. The number of amides is 1. The highest BCUT2D eigenvalue weighted by atomic mass is 16.5. The molecular weight excluding hydrogens is 334 g/mol. The second-order valence-electron chi connectivity index (χ2n) is 5.46. The number of primary amides is 1. The van der Waals surface area contributed by atoms with Gasteiger partial charge in [-0.15, -0.1) is 6.58 Å². The molecular formula is C20H21NO5. The maximum atomic E-state index is 12.6. The predicted molar refractivity (Wildman–Crippen MR) is 97.2 cm³/mol. The van der Waals surface area contributed by atoms with E-state index in [-0.39, 0.29) is 5.56 Å². The van der Waals surface area contributed by atoms with Gasteiger partial charge in [-0.3, -0.25) is 4.79 Å². The average Bonchev–Trinajstić information content (AvgIpc) is 2.65. The number of allylic oxidation sites excluding steroid dienone is 1. The minimum absolute atomic E-state index is 0.224. The number of hydrogen-bond acceptors (Lipinski definition) is 5. The van der Waals surface area contributed by atoms with E-state index in [0.29, 0.717) is 29.0 Å². The minimum atomic E-state index is -1.18. The van der Waals surface area contributed by atoms with Gasteiger partial charge in [-0.2, -0.15) is 0 Å². The first kappa shape index (κ1) is 19.1. The van der Waals surface area contributed by atoms with Crippen LogP contribution in [-0.4, -0.2) is 26.1 Å². The van der Waals surface area contributed by atoms with Gasteiger partial charge in [0, 0.05) is 11.1 Å². The summed E-state index contributed by atoms with van der Waals surface area (Å²) in [6, 6.07) is 11.7. The number of hydrogen-bond donors (Lipinski definition) is 1. The molecule has 2 aromatic carbocycles. The summed E-state index contributed by atoms with van der Waals surface area (Å²) in [5, 5.41) is 0. The zero-order chi connectivity index (χ0) is 19.1. The Morgan fingerprint density at radius 1 is 1.15 bits per heavy atom. The molecule has 136 valence electrons. The first-order chi connectivity index (χ1) is 12.5. The van der Waals surface area contributed by atoms with Gasteiger partial charge < -0.3 is 19.9 Å². The monoisotopic (exact) mass is 355 g/mol. The zero-order valence-corrected chi connectivity index (χ0v) is 14.7. The molecule has 0 heterocycles. The van der Waals surface area contributed by atoms with Crippen molar-refractivity contribution in [2.45, 2.75) is 12.5 Å². The van der Waals surface area contributed by atoms with Crippen molar-refractivity contribution in [2.24, 2.45) is 5.73 Å². The average molecular weight is 355 g/mol. The smallest absolute Gasteiger partial charge is 0.339 e. The number of nitrogens with two attached hydrogens (primary N) is 1. The number of carbonyl (C=O) groups is 2. The molecule has 0 aliphatic rings. The van der Waals surface area contributed by atoms with Crippen molar-refractivity contribution in [3.8, 4) is 11.5 Å². The molecule has 0 saturated carbocycles. The lowest BCUT2D eigenvalue weighted by Gasteiger charge is -2.17. The molecule has 0 fully saturated rings. The Morgan fingerprint density at radius 2 is 1.85 bits per heavy atom. The van der Waals surface area contributed by atoms with Gasteiger partial charge in [0.1, 0.15) is 0 Å². The van der Waals surface area contributed by atoms with Gasteiger partial charge >= 0.3 is 5.97 Å². The van der Waals surface area contributed by atoms with Crippen LogP contribution in [0, 0.1) is 0 Å². The third kappa shape index (κ3) is 4.22. The van der Waals surface area contributed by atoms with E-state index in [2.05, 4.69) is 6.58 Å². The molecule has 2 N–H and O–H groups in total. The van der Waals surface area contributed by atoms with Crippen LogP contribution in [0.1, 0.15) is 27.6 Å². The summed E-state index contributed by atoms with van der Waals surface area (Å²) in [5.74, 6) is -0.548. The minimum Gasteiger partial charge on any atom is -0.493 e. The first-order valence-electron chi connectivity index (χ1n) is 7.92. The summed E-state index contributed by atoms with van der Waals surface area (Å²) in [7, 11) is 2.99. The van der Waals surface area contributed by atoms with E-state index < -0.39 is 18.0 Å². The van der Waals surface area contributed by atoms with Crippen LogP contribution in [0.2, 0.25) is 0 Å². The van der Waals surface area contributed by atoms with Crippen molar-refractivity contribution in [3.05, 3.63) is 71.8 Å². The first-order valence-corrected chi connectivity index (χ1v) is 7.92. The van der Waals surface area contributed by atoms with E-state index in [1.807, 2.05) is 0 Å². The number of ether oxygens (including phenoxy) is 3. The molecule has 2 aromatic rings. The van der Waals surface area contributed by atoms with Gasteiger partial charge in [0.15, 0.2) is 11.5 Å². The molecule has 0 spiro atoms. The van der Waals surface area contributed by atoms with Crippen LogP contribution in [0.15, 0.2) is 55.1 Å². The number of carbonyl (C=O) groups excluding carboxylic acids is 2.